The number of carbonyl (C=O) groups is 2. The van der Waals surface area contributed by atoms with E-state index in [0.717, 1.165) is 0 Å². The maximum atomic E-state index is 11.9. The van der Waals surface area contributed by atoms with Gasteiger partial charge in [0.1, 0.15) is 5.69 Å². The largest absolute Gasteiger partial charge is 0.481 e. The number of aryl methyl sites for hydroxylation is 1. The van der Waals surface area contributed by atoms with Crippen molar-refractivity contribution in [3.05, 3.63) is 17.5 Å². The van der Waals surface area contributed by atoms with Gasteiger partial charge < -0.3 is 10.4 Å². The minimum absolute atomic E-state index is 0.0405. The molecule has 0 saturated carbocycles. The third-order valence-corrected chi connectivity index (χ3v) is 3.07. The van der Waals surface area contributed by atoms with Gasteiger partial charge in [-0.1, -0.05) is 11.8 Å². The molecule has 1 aromatic heterocycles. The zero-order valence-electron chi connectivity index (χ0n) is 11.4. The first kappa shape index (κ1) is 15.4. The van der Waals surface area contributed by atoms with Gasteiger partial charge in [-0.15, -0.1) is 0 Å². The van der Waals surface area contributed by atoms with Crippen molar-refractivity contribution in [1.82, 2.24) is 15.3 Å². The molecule has 6 nitrogen and oxygen atoms in total. The van der Waals surface area contributed by atoms with Gasteiger partial charge in [0.15, 0.2) is 5.16 Å². The van der Waals surface area contributed by atoms with Crippen LogP contribution in [0.2, 0.25) is 0 Å². The number of amides is 1. The average Bonchev–Trinajstić information content (AvgIpc) is 2.34. The molecule has 104 valence electrons. The van der Waals surface area contributed by atoms with E-state index in [1.54, 1.807) is 26.8 Å². The Balaban J connectivity index is 2.79. The van der Waals surface area contributed by atoms with E-state index < -0.39 is 17.3 Å². The Morgan fingerprint density at radius 3 is 2.58 bits per heavy atom. The fourth-order valence-electron chi connectivity index (χ4n) is 1.22. The second-order valence-electron chi connectivity index (χ2n) is 4.75. The molecular formula is C12H17N3O3S. The number of carboxylic acids is 1. The van der Waals surface area contributed by atoms with Crippen LogP contribution in [0.5, 0.6) is 0 Å². The molecular weight excluding hydrogens is 266 g/mol. The van der Waals surface area contributed by atoms with Crippen LogP contribution in [0.4, 0.5) is 0 Å². The lowest BCUT2D eigenvalue weighted by molar-refractivity contribution is -0.146. The van der Waals surface area contributed by atoms with E-state index in [9.17, 15) is 9.59 Å². The van der Waals surface area contributed by atoms with Crippen LogP contribution in [0.1, 0.15) is 30.0 Å². The highest BCUT2D eigenvalue weighted by molar-refractivity contribution is 7.98. The number of hydrogen-bond donors (Lipinski definition) is 2. The highest BCUT2D eigenvalue weighted by atomic mass is 32.2. The predicted octanol–water partition coefficient (Wildman–Crippen LogP) is 1.35. The van der Waals surface area contributed by atoms with Gasteiger partial charge >= 0.3 is 5.97 Å². The number of nitrogens with one attached hydrogen (secondary N) is 1. The Labute approximate surface area is 116 Å². The molecule has 0 bridgehead atoms. The van der Waals surface area contributed by atoms with E-state index in [4.69, 9.17) is 5.11 Å². The molecule has 0 saturated heterocycles. The maximum absolute atomic E-state index is 11.9. The standard InChI is InChI=1S/C12H17N3O3S/c1-7-5-8(15-11(14-7)19-4)9(16)13-6-12(2,3)10(17)18/h5H,6H2,1-4H3,(H,13,16)(H,17,18). The smallest absolute Gasteiger partial charge is 0.310 e. The van der Waals surface area contributed by atoms with Gasteiger partial charge in [-0.2, -0.15) is 0 Å². The van der Waals surface area contributed by atoms with Gasteiger partial charge in [-0.05, 0) is 33.1 Å². The quantitative estimate of drug-likeness (QED) is 0.626. The molecule has 1 rings (SSSR count). The van der Waals surface area contributed by atoms with E-state index in [-0.39, 0.29) is 12.2 Å². The molecule has 0 aliphatic rings. The second kappa shape index (κ2) is 6.01. The van der Waals surface area contributed by atoms with Crippen molar-refractivity contribution in [3.63, 3.8) is 0 Å². The molecule has 0 radical (unpaired) electrons. The van der Waals surface area contributed by atoms with Crippen molar-refractivity contribution in [2.24, 2.45) is 5.41 Å². The highest BCUT2D eigenvalue weighted by Gasteiger charge is 2.27. The summed E-state index contributed by atoms with van der Waals surface area (Å²) in [6.07, 6.45) is 1.82. The summed E-state index contributed by atoms with van der Waals surface area (Å²) >= 11 is 1.35. The third kappa shape index (κ3) is 4.20. The van der Waals surface area contributed by atoms with Crippen LogP contribution in [0.25, 0.3) is 0 Å². The number of rotatable bonds is 5. The number of hydrogen-bond acceptors (Lipinski definition) is 5. The van der Waals surface area contributed by atoms with Crippen LogP contribution < -0.4 is 5.32 Å². The minimum atomic E-state index is -1.01. The average molecular weight is 283 g/mol. The molecule has 0 unspecified atom stereocenters. The van der Waals surface area contributed by atoms with Crippen molar-refractivity contribution < 1.29 is 14.7 Å². The number of aromatic nitrogens is 2. The van der Waals surface area contributed by atoms with Crippen molar-refractivity contribution in [1.29, 1.82) is 0 Å². The molecule has 0 aliphatic heterocycles. The summed E-state index contributed by atoms with van der Waals surface area (Å²) in [5.74, 6) is -1.36. The lowest BCUT2D eigenvalue weighted by Gasteiger charge is -2.19. The van der Waals surface area contributed by atoms with Crippen LogP contribution in [0.15, 0.2) is 11.2 Å². The Kier molecular flexibility index (Phi) is 4.88. The molecule has 0 fully saturated rings. The van der Waals surface area contributed by atoms with Crippen LogP contribution in [0.3, 0.4) is 0 Å². The first-order chi connectivity index (χ1) is 8.76. The second-order valence-corrected chi connectivity index (χ2v) is 5.53. The van der Waals surface area contributed by atoms with E-state index in [0.29, 0.717) is 10.9 Å². The van der Waals surface area contributed by atoms with Crippen LogP contribution in [-0.2, 0) is 4.79 Å². The molecule has 0 atom stereocenters. The number of carbonyl (C=O) groups excluding carboxylic acids is 1. The van der Waals surface area contributed by atoms with Gasteiger partial charge in [0.2, 0.25) is 0 Å². The minimum Gasteiger partial charge on any atom is -0.481 e. The lowest BCUT2D eigenvalue weighted by Crippen LogP contribution is -2.39. The molecule has 0 spiro atoms. The van der Waals surface area contributed by atoms with E-state index in [2.05, 4.69) is 15.3 Å². The van der Waals surface area contributed by atoms with Crippen molar-refractivity contribution >= 4 is 23.6 Å². The summed E-state index contributed by atoms with van der Waals surface area (Å²) in [6.45, 7) is 4.92. The monoisotopic (exact) mass is 283 g/mol. The Bertz CT molecular complexity index is 503. The van der Waals surface area contributed by atoms with Gasteiger partial charge in [0, 0.05) is 12.2 Å². The van der Waals surface area contributed by atoms with Crippen molar-refractivity contribution in [3.8, 4) is 0 Å². The molecule has 1 heterocycles. The summed E-state index contributed by atoms with van der Waals surface area (Å²) in [5, 5.41) is 12.1. The first-order valence-electron chi connectivity index (χ1n) is 5.67. The lowest BCUT2D eigenvalue weighted by atomic mass is 9.94. The number of nitrogens with zero attached hydrogens (tertiary/aromatic N) is 2. The number of thioether (sulfide) groups is 1. The van der Waals surface area contributed by atoms with Crippen LogP contribution >= 0.6 is 11.8 Å². The predicted molar refractivity (Wildman–Crippen MR) is 72.3 cm³/mol. The zero-order chi connectivity index (χ0) is 14.6. The SMILES string of the molecule is CSc1nc(C)cc(C(=O)NCC(C)(C)C(=O)O)n1. The molecule has 1 aromatic rings. The Morgan fingerprint density at radius 2 is 2.05 bits per heavy atom. The summed E-state index contributed by atoms with van der Waals surface area (Å²) in [6, 6.07) is 1.57. The van der Waals surface area contributed by atoms with Gasteiger partial charge in [0.25, 0.3) is 5.91 Å². The van der Waals surface area contributed by atoms with E-state index >= 15 is 0 Å². The van der Waals surface area contributed by atoms with Gasteiger partial charge in [-0.25, -0.2) is 9.97 Å². The zero-order valence-corrected chi connectivity index (χ0v) is 12.2. The molecule has 1 amide bonds. The first-order valence-corrected chi connectivity index (χ1v) is 6.90. The fraction of sp³-hybridized carbons (Fsp3) is 0.500. The molecule has 0 aromatic carbocycles. The summed E-state index contributed by atoms with van der Waals surface area (Å²) in [5.41, 5.74) is -0.0693. The number of carboxylic acid groups (broad SMARTS) is 1. The van der Waals surface area contributed by atoms with Crippen LogP contribution in [0, 0.1) is 12.3 Å². The summed E-state index contributed by atoms with van der Waals surface area (Å²) < 4.78 is 0. The van der Waals surface area contributed by atoms with Crippen LogP contribution in [-0.4, -0.2) is 39.8 Å². The topological polar surface area (TPSA) is 92.2 Å². The van der Waals surface area contributed by atoms with Crippen molar-refractivity contribution in [2.75, 3.05) is 12.8 Å². The maximum Gasteiger partial charge on any atom is 0.310 e. The van der Waals surface area contributed by atoms with Gasteiger partial charge in [0.05, 0.1) is 5.41 Å². The van der Waals surface area contributed by atoms with Crippen molar-refractivity contribution in [2.45, 2.75) is 25.9 Å². The normalized spacial score (nSPS) is 11.2. The van der Waals surface area contributed by atoms with E-state index in [1.165, 1.54) is 11.8 Å². The van der Waals surface area contributed by atoms with Gasteiger partial charge in [-0.3, -0.25) is 9.59 Å². The Hall–Kier alpha value is -1.63. The third-order valence-electron chi connectivity index (χ3n) is 2.52. The summed E-state index contributed by atoms with van der Waals surface area (Å²) in [7, 11) is 0. The molecule has 7 heteroatoms. The Morgan fingerprint density at radius 1 is 1.42 bits per heavy atom. The fourth-order valence-corrected chi connectivity index (χ4v) is 1.64. The number of aliphatic carboxylic acids is 1. The molecule has 19 heavy (non-hydrogen) atoms. The molecule has 0 aliphatic carbocycles. The molecule has 2 N–H and O–H groups in total. The summed E-state index contributed by atoms with van der Waals surface area (Å²) in [4.78, 5) is 31.1. The van der Waals surface area contributed by atoms with E-state index in [1.807, 2.05) is 6.26 Å². The highest BCUT2D eigenvalue weighted by Crippen LogP contribution is 2.14.